The monoisotopic (exact) mass is 422 g/mol. The Bertz CT molecular complexity index is 1060. The molecule has 7 nitrogen and oxygen atoms in total. The molecule has 1 aliphatic rings. The highest BCUT2D eigenvalue weighted by molar-refractivity contribution is 6.04. The minimum Gasteiger partial charge on any atom is -0.497 e. The van der Waals surface area contributed by atoms with E-state index in [1.807, 2.05) is 29.2 Å². The SMILES string of the molecule is COc1ccc(C2CCCN2C(=O)Cn2cc(NC(=O)c3ccc(F)cc3)cn2)cc1. The summed E-state index contributed by atoms with van der Waals surface area (Å²) in [4.78, 5) is 27.1. The lowest BCUT2D eigenvalue weighted by atomic mass is 10.0. The Morgan fingerprint density at radius 2 is 1.90 bits per heavy atom. The van der Waals surface area contributed by atoms with Crippen molar-refractivity contribution >= 4 is 17.5 Å². The fraction of sp³-hybridized carbons (Fsp3) is 0.261. The predicted octanol–water partition coefficient (Wildman–Crippen LogP) is 3.65. The van der Waals surface area contributed by atoms with E-state index in [0.29, 0.717) is 17.8 Å². The number of methoxy groups -OCH3 is 1. The summed E-state index contributed by atoms with van der Waals surface area (Å²) < 4.78 is 19.7. The van der Waals surface area contributed by atoms with E-state index in [0.717, 1.165) is 24.2 Å². The van der Waals surface area contributed by atoms with Crippen LogP contribution in [-0.2, 0) is 11.3 Å². The summed E-state index contributed by atoms with van der Waals surface area (Å²) in [7, 11) is 1.63. The fourth-order valence-electron chi connectivity index (χ4n) is 3.79. The summed E-state index contributed by atoms with van der Waals surface area (Å²) in [5.41, 5.74) is 1.89. The molecule has 1 aliphatic heterocycles. The van der Waals surface area contributed by atoms with Gasteiger partial charge in [0.15, 0.2) is 0 Å². The molecule has 0 radical (unpaired) electrons. The quantitative estimate of drug-likeness (QED) is 0.658. The van der Waals surface area contributed by atoms with E-state index in [1.54, 1.807) is 13.3 Å². The molecule has 0 spiro atoms. The minimum absolute atomic E-state index is 0.0298. The highest BCUT2D eigenvalue weighted by Crippen LogP contribution is 2.33. The molecule has 2 amide bonds. The Hall–Kier alpha value is -3.68. The van der Waals surface area contributed by atoms with Crippen LogP contribution < -0.4 is 10.1 Å². The first-order chi connectivity index (χ1) is 15.0. The summed E-state index contributed by atoms with van der Waals surface area (Å²) in [6.07, 6.45) is 4.95. The number of nitrogens with zero attached hydrogens (tertiary/aromatic N) is 3. The number of likely N-dealkylation sites (tertiary alicyclic amines) is 1. The second-order valence-corrected chi connectivity index (χ2v) is 7.41. The lowest BCUT2D eigenvalue weighted by molar-refractivity contribution is -0.133. The lowest BCUT2D eigenvalue weighted by Crippen LogP contribution is -2.33. The number of aromatic nitrogens is 2. The largest absolute Gasteiger partial charge is 0.497 e. The molecular weight excluding hydrogens is 399 g/mol. The Kier molecular flexibility index (Phi) is 5.97. The maximum atomic E-state index is 13.0. The zero-order valence-corrected chi connectivity index (χ0v) is 17.1. The van der Waals surface area contributed by atoms with Crippen LogP contribution in [0.2, 0.25) is 0 Å². The summed E-state index contributed by atoms with van der Waals surface area (Å²) in [6, 6.07) is 13.1. The third-order valence-electron chi connectivity index (χ3n) is 5.37. The van der Waals surface area contributed by atoms with Crippen molar-refractivity contribution < 1.29 is 18.7 Å². The van der Waals surface area contributed by atoms with Crippen molar-refractivity contribution in [2.75, 3.05) is 19.0 Å². The van der Waals surface area contributed by atoms with Crippen molar-refractivity contribution in [3.63, 3.8) is 0 Å². The number of halogens is 1. The Morgan fingerprint density at radius 3 is 2.61 bits per heavy atom. The van der Waals surface area contributed by atoms with Crippen LogP contribution >= 0.6 is 0 Å². The molecule has 1 unspecified atom stereocenters. The highest BCUT2D eigenvalue weighted by Gasteiger charge is 2.30. The van der Waals surface area contributed by atoms with Gasteiger partial charge in [0, 0.05) is 18.3 Å². The minimum atomic E-state index is -0.405. The highest BCUT2D eigenvalue weighted by atomic mass is 19.1. The molecule has 1 aromatic heterocycles. The van der Waals surface area contributed by atoms with Gasteiger partial charge in [-0.3, -0.25) is 14.3 Å². The van der Waals surface area contributed by atoms with Gasteiger partial charge in [-0.25, -0.2) is 4.39 Å². The smallest absolute Gasteiger partial charge is 0.255 e. The Morgan fingerprint density at radius 1 is 1.16 bits per heavy atom. The maximum absolute atomic E-state index is 13.0. The Labute approximate surface area is 179 Å². The summed E-state index contributed by atoms with van der Waals surface area (Å²) >= 11 is 0. The number of hydrogen-bond acceptors (Lipinski definition) is 4. The molecular formula is C23H23FN4O3. The summed E-state index contributed by atoms with van der Waals surface area (Å²) in [5.74, 6) is -0.0214. The molecule has 8 heteroatoms. The number of rotatable bonds is 6. The number of carbonyl (C=O) groups is 2. The topological polar surface area (TPSA) is 76.5 Å². The first-order valence-corrected chi connectivity index (χ1v) is 10.1. The molecule has 2 aromatic carbocycles. The molecule has 1 fully saturated rings. The molecule has 0 bridgehead atoms. The average Bonchev–Trinajstić information content (AvgIpc) is 3.44. The van der Waals surface area contributed by atoms with E-state index in [4.69, 9.17) is 4.74 Å². The zero-order valence-electron chi connectivity index (χ0n) is 17.1. The summed E-state index contributed by atoms with van der Waals surface area (Å²) in [6.45, 7) is 0.782. The van der Waals surface area contributed by atoms with Gasteiger partial charge in [-0.1, -0.05) is 12.1 Å². The van der Waals surface area contributed by atoms with E-state index < -0.39 is 5.82 Å². The van der Waals surface area contributed by atoms with Gasteiger partial charge in [0.25, 0.3) is 5.91 Å². The van der Waals surface area contributed by atoms with E-state index in [1.165, 1.54) is 35.1 Å². The number of carbonyl (C=O) groups excluding carboxylic acids is 2. The number of ether oxygens (including phenoxy) is 1. The van der Waals surface area contributed by atoms with Crippen LogP contribution in [0.1, 0.15) is 34.8 Å². The van der Waals surface area contributed by atoms with E-state index in [-0.39, 0.29) is 24.4 Å². The van der Waals surface area contributed by atoms with Crippen LogP contribution in [0, 0.1) is 5.82 Å². The molecule has 1 saturated heterocycles. The normalized spacial score (nSPS) is 15.7. The zero-order chi connectivity index (χ0) is 21.8. The molecule has 2 heterocycles. The van der Waals surface area contributed by atoms with Crippen LogP contribution in [0.4, 0.5) is 10.1 Å². The van der Waals surface area contributed by atoms with Gasteiger partial charge in [-0.2, -0.15) is 5.10 Å². The van der Waals surface area contributed by atoms with Gasteiger partial charge in [-0.15, -0.1) is 0 Å². The molecule has 1 N–H and O–H groups in total. The van der Waals surface area contributed by atoms with Gasteiger partial charge in [-0.05, 0) is 54.8 Å². The van der Waals surface area contributed by atoms with Crippen LogP contribution in [0.25, 0.3) is 0 Å². The van der Waals surface area contributed by atoms with Crippen LogP contribution in [0.5, 0.6) is 5.75 Å². The second-order valence-electron chi connectivity index (χ2n) is 7.41. The fourth-order valence-corrected chi connectivity index (χ4v) is 3.79. The van der Waals surface area contributed by atoms with Crippen molar-refractivity contribution in [3.05, 3.63) is 77.9 Å². The predicted molar refractivity (Wildman–Crippen MR) is 113 cm³/mol. The number of benzene rings is 2. The van der Waals surface area contributed by atoms with Gasteiger partial charge in [0.1, 0.15) is 18.1 Å². The van der Waals surface area contributed by atoms with Gasteiger partial charge in [0.05, 0.1) is 25.0 Å². The first-order valence-electron chi connectivity index (χ1n) is 10.1. The molecule has 4 rings (SSSR count). The molecule has 1 atom stereocenters. The van der Waals surface area contributed by atoms with Crippen LogP contribution in [0.3, 0.4) is 0 Å². The van der Waals surface area contributed by atoms with Gasteiger partial charge >= 0.3 is 0 Å². The molecule has 0 saturated carbocycles. The molecule has 31 heavy (non-hydrogen) atoms. The van der Waals surface area contributed by atoms with Crippen molar-refractivity contribution in [3.8, 4) is 5.75 Å². The second kappa shape index (κ2) is 8.99. The Balaban J connectivity index is 1.38. The number of amides is 2. The molecule has 3 aromatic rings. The lowest BCUT2D eigenvalue weighted by Gasteiger charge is -2.25. The summed E-state index contributed by atoms with van der Waals surface area (Å²) in [5, 5.41) is 6.89. The first kappa shape index (κ1) is 20.6. The number of anilines is 1. The van der Waals surface area contributed by atoms with E-state index in [2.05, 4.69) is 10.4 Å². The van der Waals surface area contributed by atoms with Crippen molar-refractivity contribution in [1.82, 2.24) is 14.7 Å². The van der Waals surface area contributed by atoms with E-state index >= 15 is 0 Å². The molecule has 160 valence electrons. The standard InChI is InChI=1S/C23H23FN4O3/c1-31-20-10-6-16(7-11-20)21-3-2-12-28(21)22(29)15-27-14-19(13-25-27)26-23(30)17-4-8-18(24)9-5-17/h4-11,13-14,21H,2-3,12,15H2,1H3,(H,26,30). The van der Waals surface area contributed by atoms with Gasteiger partial charge in [0.2, 0.25) is 5.91 Å². The average molecular weight is 422 g/mol. The maximum Gasteiger partial charge on any atom is 0.255 e. The van der Waals surface area contributed by atoms with Crippen molar-refractivity contribution in [2.24, 2.45) is 0 Å². The van der Waals surface area contributed by atoms with Crippen molar-refractivity contribution in [2.45, 2.75) is 25.4 Å². The van der Waals surface area contributed by atoms with Crippen LogP contribution in [-0.4, -0.2) is 40.1 Å². The number of hydrogen-bond donors (Lipinski definition) is 1. The molecule has 0 aliphatic carbocycles. The third kappa shape index (κ3) is 4.74. The van der Waals surface area contributed by atoms with Gasteiger partial charge < -0.3 is 15.0 Å². The van der Waals surface area contributed by atoms with Crippen molar-refractivity contribution in [1.29, 1.82) is 0 Å². The van der Waals surface area contributed by atoms with Crippen LogP contribution in [0.15, 0.2) is 60.9 Å². The number of nitrogens with one attached hydrogen (secondary N) is 1. The van der Waals surface area contributed by atoms with E-state index in [9.17, 15) is 14.0 Å². The third-order valence-corrected chi connectivity index (χ3v) is 5.37.